The summed E-state index contributed by atoms with van der Waals surface area (Å²) in [5, 5.41) is 0. The van der Waals surface area contributed by atoms with E-state index in [4.69, 9.17) is 9.47 Å². The number of piperidine rings is 1. The van der Waals surface area contributed by atoms with Gasteiger partial charge in [0, 0.05) is 11.6 Å². The molecule has 25 heavy (non-hydrogen) atoms. The molecule has 2 bridgehead atoms. The van der Waals surface area contributed by atoms with Gasteiger partial charge in [0.1, 0.15) is 11.3 Å². The number of Topliss-reactive ketones (excluding diaryl/α,β-unsaturated/α-hetero) is 1. The molecule has 3 heterocycles. The lowest BCUT2D eigenvalue weighted by atomic mass is 9.81. The molecular formula is C19H26N2O4. The predicted molar refractivity (Wildman–Crippen MR) is 92.5 cm³/mol. The van der Waals surface area contributed by atoms with E-state index in [9.17, 15) is 9.59 Å². The molecule has 0 saturated carbocycles. The number of aromatic nitrogens is 1. The molecule has 1 aromatic heterocycles. The number of amides is 1. The van der Waals surface area contributed by atoms with Crippen LogP contribution < -0.4 is 0 Å². The van der Waals surface area contributed by atoms with Gasteiger partial charge in [-0.25, -0.2) is 4.79 Å². The Morgan fingerprint density at radius 2 is 1.84 bits per heavy atom. The molecule has 6 heteroatoms. The highest BCUT2D eigenvalue weighted by molar-refractivity contribution is 5.96. The van der Waals surface area contributed by atoms with Crippen molar-refractivity contribution in [1.82, 2.24) is 9.88 Å². The molecule has 2 atom stereocenters. The van der Waals surface area contributed by atoms with E-state index in [-0.39, 0.29) is 29.9 Å². The third-order valence-corrected chi connectivity index (χ3v) is 4.64. The number of pyridine rings is 1. The summed E-state index contributed by atoms with van der Waals surface area (Å²) in [5.74, 6) is -0.0728. The molecule has 3 rings (SSSR count). The normalized spacial score (nSPS) is 26.2. The standard InChI is InChI=1S/C19H26N2O4/c1-12-6-5-7-16(20-12)17(22)13-8-14-10-24-11-15(9-13)21(14)18(23)25-19(2,3)4/h5-7,13-15H,8-11H2,1-4H3. The minimum atomic E-state index is -0.537. The topological polar surface area (TPSA) is 68.7 Å². The smallest absolute Gasteiger partial charge is 0.410 e. The summed E-state index contributed by atoms with van der Waals surface area (Å²) in [5.41, 5.74) is 0.806. The largest absolute Gasteiger partial charge is 0.444 e. The van der Waals surface area contributed by atoms with Crippen molar-refractivity contribution in [3.8, 4) is 0 Å². The van der Waals surface area contributed by atoms with Gasteiger partial charge in [-0.15, -0.1) is 0 Å². The van der Waals surface area contributed by atoms with E-state index >= 15 is 0 Å². The fraction of sp³-hybridized carbons (Fsp3) is 0.632. The molecule has 0 N–H and O–H groups in total. The molecule has 0 aliphatic carbocycles. The molecule has 2 aliphatic rings. The Morgan fingerprint density at radius 1 is 1.20 bits per heavy atom. The molecule has 136 valence electrons. The van der Waals surface area contributed by atoms with Gasteiger partial charge in [-0.1, -0.05) is 6.07 Å². The number of aryl methyl sites for hydroxylation is 1. The van der Waals surface area contributed by atoms with Gasteiger partial charge in [0.05, 0.1) is 25.3 Å². The minimum absolute atomic E-state index is 0.0597. The van der Waals surface area contributed by atoms with Crippen LogP contribution in [0, 0.1) is 12.8 Å². The number of carbonyl (C=O) groups is 2. The Bertz CT molecular complexity index is 654. The molecule has 2 aliphatic heterocycles. The summed E-state index contributed by atoms with van der Waals surface area (Å²) < 4.78 is 11.2. The fourth-order valence-electron chi connectivity index (χ4n) is 3.63. The van der Waals surface area contributed by atoms with Gasteiger partial charge < -0.3 is 9.47 Å². The zero-order chi connectivity index (χ0) is 18.2. The maximum absolute atomic E-state index is 12.9. The van der Waals surface area contributed by atoms with Gasteiger partial charge in [0.15, 0.2) is 5.78 Å². The molecule has 2 unspecified atom stereocenters. The molecular weight excluding hydrogens is 320 g/mol. The lowest BCUT2D eigenvalue weighted by molar-refractivity contribution is -0.0861. The van der Waals surface area contributed by atoms with E-state index in [1.54, 1.807) is 11.0 Å². The Labute approximate surface area is 148 Å². The van der Waals surface area contributed by atoms with Gasteiger partial charge in [-0.2, -0.15) is 0 Å². The highest BCUT2D eigenvalue weighted by Crippen LogP contribution is 2.34. The number of morpholine rings is 1. The van der Waals surface area contributed by atoms with Crippen molar-refractivity contribution in [3.63, 3.8) is 0 Å². The van der Waals surface area contributed by atoms with Crippen LogP contribution in [0.25, 0.3) is 0 Å². The molecule has 0 aromatic carbocycles. The zero-order valence-electron chi connectivity index (χ0n) is 15.3. The number of fused-ring (bicyclic) bond motifs is 2. The van der Waals surface area contributed by atoms with Crippen molar-refractivity contribution in [2.75, 3.05) is 13.2 Å². The van der Waals surface area contributed by atoms with E-state index < -0.39 is 5.60 Å². The number of hydrogen-bond acceptors (Lipinski definition) is 5. The first-order valence-electron chi connectivity index (χ1n) is 8.81. The van der Waals surface area contributed by atoms with Crippen LogP contribution in [0.4, 0.5) is 4.79 Å². The Hall–Kier alpha value is -1.95. The third-order valence-electron chi connectivity index (χ3n) is 4.64. The molecule has 0 spiro atoms. The number of ketones is 1. The quantitative estimate of drug-likeness (QED) is 0.770. The summed E-state index contributed by atoms with van der Waals surface area (Å²) in [6, 6.07) is 5.25. The number of carbonyl (C=O) groups excluding carboxylic acids is 2. The van der Waals surface area contributed by atoms with Crippen LogP contribution in [-0.4, -0.2) is 52.7 Å². The second kappa shape index (κ2) is 6.75. The maximum atomic E-state index is 12.9. The van der Waals surface area contributed by atoms with Crippen LogP contribution in [0.2, 0.25) is 0 Å². The van der Waals surface area contributed by atoms with Crippen LogP contribution in [0.1, 0.15) is 49.8 Å². The Balaban J connectivity index is 1.75. The van der Waals surface area contributed by atoms with Crippen molar-refractivity contribution in [2.24, 2.45) is 5.92 Å². The highest BCUT2D eigenvalue weighted by atomic mass is 16.6. The summed E-state index contributed by atoms with van der Waals surface area (Å²) >= 11 is 0. The summed E-state index contributed by atoms with van der Waals surface area (Å²) in [7, 11) is 0. The van der Waals surface area contributed by atoms with Gasteiger partial charge in [-0.05, 0) is 52.7 Å². The first-order valence-corrected chi connectivity index (χ1v) is 8.81. The minimum Gasteiger partial charge on any atom is -0.444 e. The molecule has 2 fully saturated rings. The van der Waals surface area contributed by atoms with E-state index in [0.717, 1.165) is 5.69 Å². The van der Waals surface area contributed by atoms with E-state index in [2.05, 4.69) is 4.98 Å². The molecule has 1 aromatic rings. The van der Waals surface area contributed by atoms with E-state index in [1.165, 1.54) is 0 Å². The molecule has 0 radical (unpaired) electrons. The van der Waals surface area contributed by atoms with Gasteiger partial charge in [-0.3, -0.25) is 14.7 Å². The summed E-state index contributed by atoms with van der Waals surface area (Å²) in [6.45, 7) is 8.34. The zero-order valence-corrected chi connectivity index (χ0v) is 15.3. The summed E-state index contributed by atoms with van der Waals surface area (Å²) in [4.78, 5) is 31.6. The van der Waals surface area contributed by atoms with E-state index in [0.29, 0.717) is 31.7 Å². The number of ether oxygens (including phenoxy) is 2. The van der Waals surface area contributed by atoms with Crippen molar-refractivity contribution < 1.29 is 19.1 Å². The SMILES string of the molecule is Cc1cccc(C(=O)C2CC3COCC(C2)N3C(=O)OC(C)(C)C)n1. The molecule has 6 nitrogen and oxygen atoms in total. The average Bonchev–Trinajstić information content (AvgIpc) is 2.51. The van der Waals surface area contributed by atoms with Crippen LogP contribution in [0.3, 0.4) is 0 Å². The van der Waals surface area contributed by atoms with Gasteiger partial charge in [0.25, 0.3) is 0 Å². The first-order chi connectivity index (χ1) is 11.7. The van der Waals surface area contributed by atoms with Gasteiger partial charge >= 0.3 is 6.09 Å². The van der Waals surface area contributed by atoms with Crippen molar-refractivity contribution in [3.05, 3.63) is 29.6 Å². The van der Waals surface area contributed by atoms with Crippen LogP contribution in [0.5, 0.6) is 0 Å². The number of nitrogens with zero attached hydrogens (tertiary/aromatic N) is 2. The van der Waals surface area contributed by atoms with Crippen LogP contribution in [0.15, 0.2) is 18.2 Å². The molecule has 1 amide bonds. The maximum Gasteiger partial charge on any atom is 0.410 e. The first kappa shape index (κ1) is 17.9. The fourth-order valence-corrected chi connectivity index (χ4v) is 3.63. The monoisotopic (exact) mass is 346 g/mol. The van der Waals surface area contributed by atoms with Crippen molar-refractivity contribution in [1.29, 1.82) is 0 Å². The lowest BCUT2D eigenvalue weighted by Gasteiger charge is -2.47. The predicted octanol–water partition coefficient (Wildman–Crippen LogP) is 2.99. The highest BCUT2D eigenvalue weighted by Gasteiger charge is 2.45. The third kappa shape index (κ3) is 4.00. The Morgan fingerprint density at radius 3 is 2.40 bits per heavy atom. The average molecular weight is 346 g/mol. The van der Waals surface area contributed by atoms with Crippen molar-refractivity contribution in [2.45, 2.75) is 58.2 Å². The van der Waals surface area contributed by atoms with Crippen molar-refractivity contribution >= 4 is 11.9 Å². The summed E-state index contributed by atoms with van der Waals surface area (Å²) in [6.07, 6.45) is 0.861. The lowest BCUT2D eigenvalue weighted by Crippen LogP contribution is -2.60. The second-order valence-corrected chi connectivity index (χ2v) is 7.93. The molecule has 2 saturated heterocycles. The number of hydrogen-bond donors (Lipinski definition) is 0. The van der Waals surface area contributed by atoms with Crippen LogP contribution in [-0.2, 0) is 9.47 Å². The Kier molecular flexibility index (Phi) is 4.82. The van der Waals surface area contributed by atoms with E-state index in [1.807, 2.05) is 39.8 Å². The van der Waals surface area contributed by atoms with Gasteiger partial charge in [0.2, 0.25) is 0 Å². The second-order valence-electron chi connectivity index (χ2n) is 7.93. The van der Waals surface area contributed by atoms with Crippen LogP contribution >= 0.6 is 0 Å². The number of rotatable bonds is 2.